The number of rotatable bonds is 6. The summed E-state index contributed by atoms with van der Waals surface area (Å²) < 4.78 is 11.1. The summed E-state index contributed by atoms with van der Waals surface area (Å²) in [7, 11) is 1.56. The number of ether oxygens (including phenoxy) is 2. The Morgan fingerprint density at radius 3 is 2.60 bits per heavy atom. The lowest BCUT2D eigenvalue weighted by Gasteiger charge is -2.64. The number of carbonyl (C=O) groups excluding carboxylic acids is 1. The van der Waals surface area contributed by atoms with Gasteiger partial charge in [0, 0.05) is 18.2 Å². The summed E-state index contributed by atoms with van der Waals surface area (Å²) in [6.07, 6.45) is 13.3. The monoisotopic (exact) mass is 411 g/mol. The molecule has 2 bridgehead atoms. The summed E-state index contributed by atoms with van der Waals surface area (Å²) in [6, 6.07) is 5.62. The van der Waals surface area contributed by atoms with E-state index in [0.717, 1.165) is 32.2 Å². The molecule has 0 radical (unpaired) electrons. The van der Waals surface area contributed by atoms with E-state index in [1.165, 1.54) is 0 Å². The van der Waals surface area contributed by atoms with E-state index in [9.17, 15) is 9.90 Å². The predicted octanol–water partition coefficient (Wildman–Crippen LogP) is 4.36. The first-order chi connectivity index (χ1) is 14.2. The van der Waals surface area contributed by atoms with E-state index in [1.54, 1.807) is 39.2 Å². The molecule has 1 amide bonds. The average Bonchev–Trinajstić information content (AvgIpc) is 2.70. The smallest absolute Gasteiger partial charge is 0.254 e. The van der Waals surface area contributed by atoms with Gasteiger partial charge in [-0.25, -0.2) is 0 Å². The number of hydrogen-bond acceptors (Lipinski definition) is 4. The second kappa shape index (κ2) is 7.45. The van der Waals surface area contributed by atoms with E-state index < -0.39 is 5.60 Å². The van der Waals surface area contributed by atoms with Crippen molar-refractivity contribution in [3.05, 3.63) is 48.1 Å². The molecule has 0 aromatic heterocycles. The SMILES string of the molecule is COc1cc(C(=O)N2CCC3(C4(C)C=CC=CC4)CC2C3)ccc1OCC(C)(C)O. The second-order valence-electron chi connectivity index (χ2n) is 9.97. The number of nitrogens with zero attached hydrogens (tertiary/aromatic N) is 1. The van der Waals surface area contributed by atoms with Crippen LogP contribution in [0, 0.1) is 10.8 Å². The summed E-state index contributed by atoms with van der Waals surface area (Å²) in [5, 5.41) is 9.89. The summed E-state index contributed by atoms with van der Waals surface area (Å²) >= 11 is 0. The van der Waals surface area contributed by atoms with Gasteiger partial charge in [-0.05, 0) is 68.6 Å². The molecule has 3 fully saturated rings. The van der Waals surface area contributed by atoms with Gasteiger partial charge in [0.15, 0.2) is 11.5 Å². The van der Waals surface area contributed by atoms with Gasteiger partial charge in [0.05, 0.1) is 12.7 Å². The van der Waals surface area contributed by atoms with Gasteiger partial charge in [0.25, 0.3) is 5.91 Å². The number of hydrogen-bond donors (Lipinski definition) is 1. The quantitative estimate of drug-likeness (QED) is 0.756. The number of carbonyl (C=O) groups is 1. The Morgan fingerprint density at radius 1 is 1.27 bits per heavy atom. The molecule has 5 rings (SSSR count). The Balaban J connectivity index is 1.45. The third-order valence-corrected chi connectivity index (χ3v) is 7.24. The Kier molecular flexibility index (Phi) is 5.21. The molecular formula is C25H33NO4. The molecule has 2 aliphatic carbocycles. The normalized spacial score (nSPS) is 30.0. The molecule has 30 heavy (non-hydrogen) atoms. The summed E-state index contributed by atoms with van der Waals surface area (Å²) in [4.78, 5) is 15.3. The molecule has 162 valence electrons. The zero-order valence-corrected chi connectivity index (χ0v) is 18.5. The van der Waals surface area contributed by atoms with Crippen LogP contribution in [0.1, 0.15) is 56.8 Å². The van der Waals surface area contributed by atoms with Crippen molar-refractivity contribution in [1.82, 2.24) is 4.90 Å². The van der Waals surface area contributed by atoms with Gasteiger partial charge in [-0.2, -0.15) is 0 Å². The molecule has 1 aromatic rings. The highest BCUT2D eigenvalue weighted by Gasteiger charge is 2.59. The summed E-state index contributed by atoms with van der Waals surface area (Å²) in [5.74, 6) is 1.10. The van der Waals surface area contributed by atoms with Crippen molar-refractivity contribution < 1.29 is 19.4 Å². The lowest BCUT2D eigenvalue weighted by atomic mass is 9.47. The topological polar surface area (TPSA) is 59.0 Å². The first-order valence-electron chi connectivity index (χ1n) is 10.9. The summed E-state index contributed by atoms with van der Waals surface area (Å²) in [6.45, 7) is 6.70. The van der Waals surface area contributed by atoms with Gasteiger partial charge in [0.2, 0.25) is 0 Å². The molecule has 1 atom stereocenters. The number of aliphatic hydroxyl groups is 1. The number of allylic oxidation sites excluding steroid dienone is 4. The fraction of sp³-hybridized carbons (Fsp3) is 0.560. The van der Waals surface area contributed by atoms with Gasteiger partial charge in [0.1, 0.15) is 6.61 Å². The molecule has 2 saturated heterocycles. The van der Waals surface area contributed by atoms with Crippen molar-refractivity contribution >= 4 is 5.91 Å². The van der Waals surface area contributed by atoms with Crippen molar-refractivity contribution in [2.24, 2.45) is 10.8 Å². The Labute approximate surface area is 179 Å². The Hall–Kier alpha value is -2.27. The number of amides is 1. The molecule has 1 aromatic carbocycles. The Bertz CT molecular complexity index is 870. The molecule has 5 heteroatoms. The minimum absolute atomic E-state index is 0.0601. The minimum atomic E-state index is -0.940. The van der Waals surface area contributed by atoms with E-state index in [1.807, 2.05) is 4.90 Å². The van der Waals surface area contributed by atoms with Crippen LogP contribution < -0.4 is 9.47 Å². The summed E-state index contributed by atoms with van der Waals surface area (Å²) in [5.41, 5.74) is 0.205. The second-order valence-corrected chi connectivity index (χ2v) is 9.97. The van der Waals surface area contributed by atoms with Gasteiger partial charge >= 0.3 is 0 Å². The molecule has 2 heterocycles. The molecule has 1 saturated carbocycles. The van der Waals surface area contributed by atoms with Crippen LogP contribution in [-0.2, 0) is 0 Å². The van der Waals surface area contributed by atoms with Crippen molar-refractivity contribution in [2.45, 2.75) is 58.1 Å². The van der Waals surface area contributed by atoms with E-state index in [0.29, 0.717) is 28.5 Å². The molecule has 1 unspecified atom stereocenters. The maximum Gasteiger partial charge on any atom is 0.254 e. The van der Waals surface area contributed by atoms with E-state index in [2.05, 4.69) is 31.2 Å². The minimum Gasteiger partial charge on any atom is -0.493 e. The lowest BCUT2D eigenvalue weighted by molar-refractivity contribution is -0.109. The van der Waals surface area contributed by atoms with Crippen LogP contribution in [0.3, 0.4) is 0 Å². The third-order valence-electron chi connectivity index (χ3n) is 7.24. The zero-order valence-electron chi connectivity index (χ0n) is 18.5. The standard InChI is InChI=1S/C25H33NO4/c1-23(2,28)17-30-20-9-8-18(14-21(20)29-4)22(27)26-13-12-25(15-19(26)16-25)24(3)10-6-5-7-11-24/h5-10,14,19,28H,11-13,15-17H2,1-4H3. The van der Waals surface area contributed by atoms with Crippen LogP contribution in [-0.4, -0.2) is 47.8 Å². The lowest BCUT2D eigenvalue weighted by Crippen LogP contribution is -2.64. The predicted molar refractivity (Wildman–Crippen MR) is 117 cm³/mol. The maximum absolute atomic E-state index is 13.3. The molecule has 5 nitrogen and oxygen atoms in total. The highest BCUT2D eigenvalue weighted by atomic mass is 16.5. The van der Waals surface area contributed by atoms with Crippen molar-refractivity contribution in [2.75, 3.05) is 20.3 Å². The van der Waals surface area contributed by atoms with Crippen LogP contribution in [0.4, 0.5) is 0 Å². The van der Waals surface area contributed by atoms with E-state index >= 15 is 0 Å². The van der Waals surface area contributed by atoms with Crippen molar-refractivity contribution in [3.8, 4) is 11.5 Å². The fourth-order valence-corrected chi connectivity index (χ4v) is 5.26. The molecule has 2 aliphatic heterocycles. The first kappa shape index (κ1) is 21.0. The van der Waals surface area contributed by atoms with Crippen LogP contribution in [0.25, 0.3) is 0 Å². The maximum atomic E-state index is 13.3. The van der Waals surface area contributed by atoms with Crippen LogP contribution in [0.2, 0.25) is 0 Å². The molecule has 0 spiro atoms. The number of methoxy groups -OCH3 is 1. The molecule has 1 N–H and O–H groups in total. The number of piperidine rings is 2. The zero-order chi connectivity index (χ0) is 21.6. The largest absolute Gasteiger partial charge is 0.493 e. The third kappa shape index (κ3) is 3.64. The first-order valence-corrected chi connectivity index (χ1v) is 10.9. The van der Waals surface area contributed by atoms with Gasteiger partial charge in [-0.1, -0.05) is 31.2 Å². The van der Waals surface area contributed by atoms with Crippen molar-refractivity contribution in [1.29, 1.82) is 0 Å². The molecular weight excluding hydrogens is 378 g/mol. The Morgan fingerprint density at radius 2 is 2.03 bits per heavy atom. The number of benzene rings is 1. The molecule has 4 aliphatic rings. The highest BCUT2D eigenvalue weighted by molar-refractivity contribution is 5.95. The van der Waals surface area contributed by atoms with Crippen LogP contribution >= 0.6 is 0 Å². The van der Waals surface area contributed by atoms with E-state index in [-0.39, 0.29) is 17.9 Å². The van der Waals surface area contributed by atoms with Crippen LogP contribution in [0.5, 0.6) is 11.5 Å². The highest BCUT2D eigenvalue weighted by Crippen LogP contribution is 2.63. The van der Waals surface area contributed by atoms with Crippen LogP contribution in [0.15, 0.2) is 42.5 Å². The number of fused-ring (bicyclic) bond motifs is 2. The fourth-order valence-electron chi connectivity index (χ4n) is 5.26. The van der Waals surface area contributed by atoms with Gasteiger partial charge < -0.3 is 19.5 Å². The van der Waals surface area contributed by atoms with Crippen molar-refractivity contribution in [3.63, 3.8) is 0 Å². The van der Waals surface area contributed by atoms with Gasteiger partial charge in [-0.15, -0.1) is 0 Å². The van der Waals surface area contributed by atoms with E-state index in [4.69, 9.17) is 9.47 Å². The average molecular weight is 412 g/mol. The van der Waals surface area contributed by atoms with Gasteiger partial charge in [-0.3, -0.25) is 4.79 Å².